The van der Waals surface area contributed by atoms with Crippen molar-refractivity contribution < 1.29 is 18.0 Å². The smallest absolute Gasteiger partial charge is 0.281 e. The highest BCUT2D eigenvalue weighted by atomic mass is 32.2. The standard InChI is InChI=1S/C21H22N4O5S2/c1-13(26)15-3-5-17(6-4-15)32(29,30)24-10-7-16(8-11-24)19(27)23-25-14(2)22-20-18(21(25)28)9-12-31-20/h3-6,9,12,16H,7-8,10-11H2,1-2H3,(H,23,27). The van der Waals surface area contributed by atoms with E-state index in [9.17, 15) is 22.8 Å². The van der Waals surface area contributed by atoms with Gasteiger partial charge in [-0.25, -0.2) is 18.1 Å². The first-order valence-electron chi connectivity index (χ1n) is 10.1. The van der Waals surface area contributed by atoms with Gasteiger partial charge in [-0.3, -0.25) is 19.8 Å². The number of ketones is 1. The quantitative estimate of drug-likeness (QED) is 0.566. The van der Waals surface area contributed by atoms with Gasteiger partial charge in [-0.05, 0) is 50.3 Å². The van der Waals surface area contributed by atoms with Crippen molar-refractivity contribution in [2.75, 3.05) is 18.5 Å². The maximum absolute atomic E-state index is 12.9. The molecule has 0 radical (unpaired) electrons. The summed E-state index contributed by atoms with van der Waals surface area (Å²) in [6, 6.07) is 7.51. The van der Waals surface area contributed by atoms with Gasteiger partial charge in [0.15, 0.2) is 5.78 Å². The molecule has 11 heteroatoms. The zero-order valence-electron chi connectivity index (χ0n) is 17.6. The first-order valence-corrected chi connectivity index (χ1v) is 12.4. The van der Waals surface area contributed by atoms with Gasteiger partial charge in [0.25, 0.3) is 5.56 Å². The maximum Gasteiger partial charge on any atom is 0.281 e. The molecule has 32 heavy (non-hydrogen) atoms. The van der Waals surface area contributed by atoms with E-state index in [0.717, 1.165) is 4.68 Å². The predicted octanol–water partition coefficient (Wildman–Crippen LogP) is 2.14. The van der Waals surface area contributed by atoms with Gasteiger partial charge in [-0.15, -0.1) is 11.3 Å². The Kier molecular flexibility index (Phi) is 5.97. The van der Waals surface area contributed by atoms with Gasteiger partial charge in [-0.1, -0.05) is 12.1 Å². The van der Waals surface area contributed by atoms with Gasteiger partial charge in [0.1, 0.15) is 10.7 Å². The van der Waals surface area contributed by atoms with Crippen LogP contribution in [0.25, 0.3) is 10.2 Å². The average Bonchev–Trinajstić information content (AvgIpc) is 3.25. The summed E-state index contributed by atoms with van der Waals surface area (Å²) in [5.41, 5.74) is 2.75. The summed E-state index contributed by atoms with van der Waals surface area (Å²) in [6.07, 6.45) is 0.664. The predicted molar refractivity (Wildman–Crippen MR) is 121 cm³/mol. The molecule has 0 saturated carbocycles. The number of thiophene rings is 1. The van der Waals surface area contributed by atoms with Crippen molar-refractivity contribution in [2.24, 2.45) is 5.92 Å². The van der Waals surface area contributed by atoms with Gasteiger partial charge < -0.3 is 0 Å². The maximum atomic E-state index is 12.9. The molecular formula is C21H22N4O5S2. The molecule has 1 amide bonds. The van der Waals surface area contributed by atoms with Crippen LogP contribution in [0.3, 0.4) is 0 Å². The van der Waals surface area contributed by atoms with Crippen LogP contribution in [0, 0.1) is 12.8 Å². The lowest BCUT2D eigenvalue weighted by Crippen LogP contribution is -2.44. The van der Waals surface area contributed by atoms with Gasteiger partial charge >= 0.3 is 0 Å². The molecule has 168 valence electrons. The fraction of sp³-hybridized carbons (Fsp3) is 0.333. The molecule has 2 aromatic heterocycles. The van der Waals surface area contributed by atoms with E-state index in [2.05, 4.69) is 10.4 Å². The molecule has 0 spiro atoms. The Balaban J connectivity index is 1.44. The average molecular weight is 475 g/mol. The van der Waals surface area contributed by atoms with E-state index >= 15 is 0 Å². The molecule has 0 atom stereocenters. The summed E-state index contributed by atoms with van der Waals surface area (Å²) in [4.78, 5) is 41.9. The van der Waals surface area contributed by atoms with Crippen molar-refractivity contribution in [3.05, 3.63) is 57.5 Å². The highest BCUT2D eigenvalue weighted by Gasteiger charge is 2.32. The van der Waals surface area contributed by atoms with E-state index in [1.165, 1.54) is 46.8 Å². The fourth-order valence-corrected chi connectivity index (χ4v) is 5.99. The number of aromatic nitrogens is 2. The second-order valence-electron chi connectivity index (χ2n) is 7.67. The number of aryl methyl sites for hydroxylation is 1. The number of amides is 1. The summed E-state index contributed by atoms with van der Waals surface area (Å²) in [6.45, 7) is 3.44. The Bertz CT molecular complexity index is 1350. The fourth-order valence-electron chi connectivity index (χ4n) is 3.72. The number of piperidine rings is 1. The Morgan fingerprint density at radius 3 is 2.41 bits per heavy atom. The molecule has 3 heterocycles. The summed E-state index contributed by atoms with van der Waals surface area (Å²) < 4.78 is 28.3. The Labute approximate surface area is 188 Å². The van der Waals surface area contributed by atoms with E-state index in [4.69, 9.17) is 0 Å². The summed E-state index contributed by atoms with van der Waals surface area (Å²) in [5, 5.41) is 2.21. The third-order valence-electron chi connectivity index (χ3n) is 5.61. The number of hydrogen-bond donors (Lipinski definition) is 1. The van der Waals surface area contributed by atoms with Crippen LogP contribution in [0.1, 0.15) is 35.9 Å². The summed E-state index contributed by atoms with van der Waals surface area (Å²) in [7, 11) is -3.72. The van der Waals surface area contributed by atoms with Crippen molar-refractivity contribution in [1.29, 1.82) is 0 Å². The van der Waals surface area contributed by atoms with Crippen LogP contribution in [-0.4, -0.2) is 47.2 Å². The Morgan fingerprint density at radius 1 is 1.12 bits per heavy atom. The summed E-state index contributed by atoms with van der Waals surface area (Å²) in [5.74, 6) is -0.517. The van der Waals surface area contributed by atoms with Gasteiger partial charge in [-0.2, -0.15) is 4.31 Å². The molecule has 0 unspecified atom stereocenters. The third kappa shape index (κ3) is 4.10. The molecule has 0 aliphatic carbocycles. The minimum Gasteiger partial charge on any atom is -0.295 e. The lowest BCUT2D eigenvalue weighted by Gasteiger charge is -2.30. The van der Waals surface area contributed by atoms with Gasteiger partial charge in [0.05, 0.1) is 10.3 Å². The minimum atomic E-state index is -3.72. The topological polar surface area (TPSA) is 118 Å². The van der Waals surface area contributed by atoms with Crippen LogP contribution in [-0.2, 0) is 14.8 Å². The molecular weight excluding hydrogens is 452 g/mol. The number of fused-ring (bicyclic) bond motifs is 1. The molecule has 9 nitrogen and oxygen atoms in total. The first-order chi connectivity index (χ1) is 15.2. The monoisotopic (exact) mass is 474 g/mol. The highest BCUT2D eigenvalue weighted by Crippen LogP contribution is 2.24. The van der Waals surface area contributed by atoms with Gasteiger partial charge in [0, 0.05) is 24.6 Å². The second-order valence-corrected chi connectivity index (χ2v) is 10.5. The number of sulfonamides is 1. The first kappa shape index (κ1) is 22.3. The number of nitrogens with one attached hydrogen (secondary N) is 1. The van der Waals surface area contributed by atoms with E-state index in [-0.39, 0.29) is 35.2 Å². The van der Waals surface area contributed by atoms with E-state index < -0.39 is 15.9 Å². The highest BCUT2D eigenvalue weighted by molar-refractivity contribution is 7.89. The number of hydrogen-bond acceptors (Lipinski definition) is 7. The van der Waals surface area contributed by atoms with Crippen molar-refractivity contribution in [3.8, 4) is 0 Å². The molecule has 1 N–H and O–H groups in total. The van der Waals surface area contributed by atoms with E-state index in [1.54, 1.807) is 18.4 Å². The Hall–Kier alpha value is -2.89. The number of carbonyl (C=O) groups is 2. The van der Waals surface area contributed by atoms with Crippen LogP contribution >= 0.6 is 11.3 Å². The van der Waals surface area contributed by atoms with Crippen molar-refractivity contribution >= 4 is 43.3 Å². The van der Waals surface area contributed by atoms with Crippen LogP contribution < -0.4 is 11.0 Å². The zero-order chi connectivity index (χ0) is 23.0. The molecule has 1 aliphatic heterocycles. The molecule has 1 aromatic carbocycles. The van der Waals surface area contributed by atoms with Crippen molar-refractivity contribution in [2.45, 2.75) is 31.6 Å². The molecule has 0 bridgehead atoms. The summed E-state index contributed by atoms with van der Waals surface area (Å²) >= 11 is 1.36. The molecule has 3 aromatic rings. The van der Waals surface area contributed by atoms with E-state index in [1.807, 2.05) is 0 Å². The van der Waals surface area contributed by atoms with E-state index in [0.29, 0.717) is 34.4 Å². The second kappa shape index (κ2) is 8.57. The molecule has 4 rings (SSSR count). The Morgan fingerprint density at radius 2 is 1.78 bits per heavy atom. The zero-order valence-corrected chi connectivity index (χ0v) is 19.2. The lowest BCUT2D eigenvalue weighted by molar-refractivity contribution is -0.121. The van der Waals surface area contributed by atoms with Crippen molar-refractivity contribution in [3.63, 3.8) is 0 Å². The normalized spacial score (nSPS) is 15.7. The lowest BCUT2D eigenvalue weighted by atomic mass is 9.98. The molecule has 1 saturated heterocycles. The molecule has 1 aliphatic rings. The largest absolute Gasteiger partial charge is 0.295 e. The molecule has 1 fully saturated rings. The number of carbonyl (C=O) groups excluding carboxylic acids is 2. The van der Waals surface area contributed by atoms with Crippen LogP contribution in [0.4, 0.5) is 0 Å². The van der Waals surface area contributed by atoms with Crippen molar-refractivity contribution in [1.82, 2.24) is 14.0 Å². The van der Waals surface area contributed by atoms with Crippen LogP contribution in [0.2, 0.25) is 0 Å². The number of benzene rings is 1. The number of Topliss-reactive ketones (excluding diaryl/α,β-unsaturated/α-hetero) is 1. The number of rotatable bonds is 5. The van der Waals surface area contributed by atoms with Gasteiger partial charge in [0.2, 0.25) is 15.9 Å². The minimum absolute atomic E-state index is 0.114. The SMILES string of the molecule is CC(=O)c1ccc(S(=O)(=O)N2CCC(C(=O)Nn3c(C)nc4sccc4c3=O)CC2)cc1. The third-order valence-corrected chi connectivity index (χ3v) is 8.33. The number of nitrogens with zero attached hydrogens (tertiary/aromatic N) is 3. The van der Waals surface area contributed by atoms with Crippen LogP contribution in [0.5, 0.6) is 0 Å². The van der Waals surface area contributed by atoms with Crippen LogP contribution in [0.15, 0.2) is 45.4 Å².